The number of para-hydroxylation sites is 2. The second-order valence-corrected chi connectivity index (χ2v) is 5.96. The second kappa shape index (κ2) is 7.99. The number of aryl methyl sites for hydroxylation is 1. The van der Waals surface area contributed by atoms with E-state index in [4.69, 9.17) is 14.2 Å². The Morgan fingerprint density at radius 1 is 1.04 bits per heavy atom. The fourth-order valence-electron chi connectivity index (χ4n) is 3.06. The average Bonchev–Trinajstić information content (AvgIpc) is 3.02. The van der Waals surface area contributed by atoms with E-state index >= 15 is 0 Å². The molecule has 7 nitrogen and oxygen atoms in total. The number of hydrogen-bond donors (Lipinski definition) is 1. The summed E-state index contributed by atoms with van der Waals surface area (Å²) >= 11 is 0. The van der Waals surface area contributed by atoms with Gasteiger partial charge in [0.1, 0.15) is 11.6 Å². The number of amides is 1. The van der Waals surface area contributed by atoms with Gasteiger partial charge in [-0.3, -0.25) is 4.79 Å². The fourth-order valence-corrected chi connectivity index (χ4v) is 3.06. The zero-order valence-electron chi connectivity index (χ0n) is 15.9. The van der Waals surface area contributed by atoms with Gasteiger partial charge in [-0.15, -0.1) is 0 Å². The van der Waals surface area contributed by atoms with E-state index in [1.807, 2.05) is 31.2 Å². The summed E-state index contributed by atoms with van der Waals surface area (Å²) in [6, 6.07) is 11.2. The van der Waals surface area contributed by atoms with Gasteiger partial charge in [0, 0.05) is 25.2 Å². The normalized spacial score (nSPS) is 10.7. The van der Waals surface area contributed by atoms with Crippen LogP contribution in [0.4, 0.5) is 0 Å². The lowest BCUT2D eigenvalue weighted by atomic mass is 10.1. The standard InChI is InChI=1S/C20H23N3O4/c1-13-22-15-7-5-6-8-16(15)23(13)10-9-21-20(24)14-11-18(26-3)19(27-4)12-17(14)25-2/h5-8,11-12H,9-10H2,1-4H3,(H,21,24). The van der Waals surface area contributed by atoms with Crippen LogP contribution in [-0.2, 0) is 6.54 Å². The summed E-state index contributed by atoms with van der Waals surface area (Å²) in [6.07, 6.45) is 0. The highest BCUT2D eigenvalue weighted by atomic mass is 16.5. The Balaban J connectivity index is 1.75. The molecule has 0 saturated heterocycles. The molecule has 3 rings (SSSR count). The number of rotatable bonds is 7. The van der Waals surface area contributed by atoms with E-state index in [9.17, 15) is 4.79 Å². The van der Waals surface area contributed by atoms with E-state index in [-0.39, 0.29) is 5.91 Å². The molecule has 0 fully saturated rings. The molecular formula is C20H23N3O4. The average molecular weight is 369 g/mol. The maximum absolute atomic E-state index is 12.7. The number of carbonyl (C=O) groups excluding carboxylic acids is 1. The van der Waals surface area contributed by atoms with Gasteiger partial charge in [-0.2, -0.15) is 0 Å². The minimum atomic E-state index is -0.241. The summed E-state index contributed by atoms with van der Waals surface area (Å²) in [7, 11) is 4.58. The lowest BCUT2D eigenvalue weighted by Crippen LogP contribution is -2.28. The Morgan fingerprint density at radius 3 is 2.41 bits per heavy atom. The number of benzene rings is 2. The van der Waals surface area contributed by atoms with E-state index in [0.717, 1.165) is 16.9 Å². The first-order valence-electron chi connectivity index (χ1n) is 8.59. The van der Waals surface area contributed by atoms with Gasteiger partial charge in [-0.25, -0.2) is 4.98 Å². The molecule has 0 aliphatic carbocycles. The van der Waals surface area contributed by atoms with Crippen LogP contribution >= 0.6 is 0 Å². The van der Waals surface area contributed by atoms with Crippen molar-refractivity contribution in [2.75, 3.05) is 27.9 Å². The molecule has 1 amide bonds. The molecule has 27 heavy (non-hydrogen) atoms. The lowest BCUT2D eigenvalue weighted by molar-refractivity contribution is 0.0949. The number of nitrogens with one attached hydrogen (secondary N) is 1. The summed E-state index contributed by atoms with van der Waals surface area (Å²) in [5.74, 6) is 2.07. The number of nitrogens with zero attached hydrogens (tertiary/aromatic N) is 2. The van der Waals surface area contributed by atoms with Gasteiger partial charge in [0.05, 0.1) is 37.9 Å². The predicted octanol–water partition coefficient (Wildman–Crippen LogP) is 2.80. The molecular weight excluding hydrogens is 346 g/mol. The Bertz CT molecular complexity index is 965. The van der Waals surface area contributed by atoms with Gasteiger partial charge in [0.25, 0.3) is 5.91 Å². The van der Waals surface area contributed by atoms with Crippen LogP contribution < -0.4 is 19.5 Å². The Kier molecular flexibility index (Phi) is 5.49. The van der Waals surface area contributed by atoms with E-state index in [2.05, 4.69) is 14.9 Å². The zero-order valence-corrected chi connectivity index (χ0v) is 15.9. The van der Waals surface area contributed by atoms with Gasteiger partial charge >= 0.3 is 0 Å². The van der Waals surface area contributed by atoms with E-state index in [1.54, 1.807) is 12.1 Å². The second-order valence-electron chi connectivity index (χ2n) is 5.96. The molecule has 1 aromatic heterocycles. The third-order valence-corrected chi connectivity index (χ3v) is 4.42. The largest absolute Gasteiger partial charge is 0.496 e. The first kappa shape index (κ1) is 18.6. The third-order valence-electron chi connectivity index (χ3n) is 4.42. The summed E-state index contributed by atoms with van der Waals surface area (Å²) in [5, 5.41) is 2.93. The van der Waals surface area contributed by atoms with Crippen molar-refractivity contribution in [2.24, 2.45) is 0 Å². The quantitative estimate of drug-likeness (QED) is 0.693. The zero-order chi connectivity index (χ0) is 19.4. The summed E-state index contributed by atoms with van der Waals surface area (Å²) < 4.78 is 17.9. The van der Waals surface area contributed by atoms with Crippen LogP contribution in [0.1, 0.15) is 16.2 Å². The van der Waals surface area contributed by atoms with Crippen molar-refractivity contribution in [3.05, 3.63) is 47.8 Å². The maximum Gasteiger partial charge on any atom is 0.255 e. The Labute approximate surface area is 157 Å². The Morgan fingerprint density at radius 2 is 1.70 bits per heavy atom. The maximum atomic E-state index is 12.7. The third kappa shape index (κ3) is 3.67. The fraction of sp³-hybridized carbons (Fsp3) is 0.300. The molecule has 7 heteroatoms. The van der Waals surface area contributed by atoms with Gasteiger partial charge in [-0.1, -0.05) is 12.1 Å². The molecule has 0 spiro atoms. The van der Waals surface area contributed by atoms with Gasteiger partial charge in [0.2, 0.25) is 0 Å². The van der Waals surface area contributed by atoms with Crippen LogP contribution in [0.2, 0.25) is 0 Å². The van der Waals surface area contributed by atoms with Crippen molar-refractivity contribution in [1.29, 1.82) is 0 Å². The number of imidazole rings is 1. The molecule has 1 N–H and O–H groups in total. The molecule has 0 unspecified atom stereocenters. The first-order valence-corrected chi connectivity index (χ1v) is 8.59. The number of ether oxygens (including phenoxy) is 3. The van der Waals surface area contributed by atoms with Crippen LogP contribution in [-0.4, -0.2) is 43.3 Å². The summed E-state index contributed by atoms with van der Waals surface area (Å²) in [6.45, 7) is 3.03. The molecule has 0 radical (unpaired) electrons. The van der Waals surface area contributed by atoms with Crippen molar-refractivity contribution in [1.82, 2.24) is 14.9 Å². The van der Waals surface area contributed by atoms with Crippen LogP contribution in [0, 0.1) is 6.92 Å². The number of carbonyl (C=O) groups is 1. The number of fused-ring (bicyclic) bond motifs is 1. The molecule has 0 bridgehead atoms. The van der Waals surface area contributed by atoms with Crippen LogP contribution in [0.5, 0.6) is 17.2 Å². The summed E-state index contributed by atoms with van der Waals surface area (Å²) in [4.78, 5) is 17.2. The van der Waals surface area contributed by atoms with Crippen LogP contribution in [0.15, 0.2) is 36.4 Å². The molecule has 0 aliphatic heterocycles. The molecule has 3 aromatic rings. The molecule has 0 atom stereocenters. The molecule has 0 saturated carbocycles. The van der Waals surface area contributed by atoms with E-state index in [0.29, 0.717) is 35.9 Å². The lowest BCUT2D eigenvalue weighted by Gasteiger charge is -2.14. The number of aromatic nitrogens is 2. The van der Waals surface area contributed by atoms with Crippen molar-refractivity contribution < 1.29 is 19.0 Å². The minimum absolute atomic E-state index is 0.241. The van der Waals surface area contributed by atoms with E-state index in [1.165, 1.54) is 21.3 Å². The molecule has 142 valence electrons. The van der Waals surface area contributed by atoms with Gasteiger partial charge < -0.3 is 24.1 Å². The van der Waals surface area contributed by atoms with Crippen molar-refractivity contribution in [3.63, 3.8) is 0 Å². The molecule has 0 aliphatic rings. The topological polar surface area (TPSA) is 74.6 Å². The van der Waals surface area contributed by atoms with Gasteiger partial charge in [0.15, 0.2) is 11.5 Å². The van der Waals surface area contributed by atoms with Crippen molar-refractivity contribution in [2.45, 2.75) is 13.5 Å². The Hall–Kier alpha value is -3.22. The number of methoxy groups -OCH3 is 3. The molecule has 2 aromatic carbocycles. The highest BCUT2D eigenvalue weighted by Crippen LogP contribution is 2.34. The van der Waals surface area contributed by atoms with Crippen LogP contribution in [0.25, 0.3) is 11.0 Å². The van der Waals surface area contributed by atoms with Crippen molar-refractivity contribution >= 4 is 16.9 Å². The highest BCUT2D eigenvalue weighted by molar-refractivity contribution is 5.97. The van der Waals surface area contributed by atoms with E-state index < -0.39 is 0 Å². The molecule has 1 heterocycles. The SMILES string of the molecule is COc1cc(OC)c(C(=O)NCCn2c(C)nc3ccccc32)cc1OC. The summed E-state index contributed by atoms with van der Waals surface area (Å²) in [5.41, 5.74) is 2.39. The smallest absolute Gasteiger partial charge is 0.255 e. The highest BCUT2D eigenvalue weighted by Gasteiger charge is 2.17. The predicted molar refractivity (Wildman–Crippen MR) is 103 cm³/mol. The van der Waals surface area contributed by atoms with Crippen molar-refractivity contribution in [3.8, 4) is 17.2 Å². The van der Waals surface area contributed by atoms with Gasteiger partial charge in [-0.05, 0) is 19.1 Å². The van der Waals surface area contributed by atoms with Crippen LogP contribution in [0.3, 0.4) is 0 Å². The minimum Gasteiger partial charge on any atom is -0.496 e. The monoisotopic (exact) mass is 369 g/mol. The first-order chi connectivity index (χ1) is 13.1. The number of hydrogen-bond acceptors (Lipinski definition) is 5.